The Morgan fingerprint density at radius 1 is 1.36 bits per heavy atom. The molecule has 148 valence electrons. The van der Waals surface area contributed by atoms with Gasteiger partial charge in [-0.3, -0.25) is 4.79 Å². The smallest absolute Gasteiger partial charge is 0.264 e. The van der Waals surface area contributed by atoms with Crippen molar-refractivity contribution in [3.8, 4) is 0 Å². The molecule has 1 amide bonds. The van der Waals surface area contributed by atoms with Crippen molar-refractivity contribution in [3.63, 3.8) is 0 Å². The van der Waals surface area contributed by atoms with E-state index < -0.39 is 0 Å². The Bertz CT molecular complexity index is 960. The molecule has 4 rings (SSSR count). The van der Waals surface area contributed by atoms with Crippen molar-refractivity contribution < 1.29 is 4.79 Å². The number of unbranched alkanes of at least 4 members (excludes halogenated alkanes) is 1. The number of aromatic nitrogens is 3. The van der Waals surface area contributed by atoms with E-state index in [4.69, 9.17) is 4.98 Å². The average molecular weight is 415 g/mol. The lowest BCUT2D eigenvalue weighted by Crippen LogP contribution is -2.32. The van der Waals surface area contributed by atoms with Gasteiger partial charge in [0, 0.05) is 19.3 Å². The fourth-order valence-corrected chi connectivity index (χ4v) is 4.86. The lowest BCUT2D eigenvalue weighted by molar-refractivity contribution is 0.0739. The molecule has 0 spiro atoms. The van der Waals surface area contributed by atoms with Crippen LogP contribution in [0.2, 0.25) is 0 Å². The molecule has 3 heterocycles. The lowest BCUT2D eigenvalue weighted by Gasteiger charge is -2.22. The highest BCUT2D eigenvalue weighted by Gasteiger charge is 2.26. The van der Waals surface area contributed by atoms with Crippen LogP contribution >= 0.6 is 23.1 Å². The number of hydrogen-bond acceptors (Lipinski definition) is 5. The van der Waals surface area contributed by atoms with E-state index in [9.17, 15) is 4.79 Å². The van der Waals surface area contributed by atoms with Crippen molar-refractivity contribution in [2.75, 3.05) is 12.8 Å². The molecule has 0 atom stereocenters. The van der Waals surface area contributed by atoms with Crippen LogP contribution in [0.1, 0.15) is 48.1 Å². The van der Waals surface area contributed by atoms with E-state index in [2.05, 4.69) is 16.5 Å². The molecule has 0 aromatic carbocycles. The number of thioether (sulfide) groups is 1. The zero-order chi connectivity index (χ0) is 19.5. The molecule has 5 nitrogen and oxygen atoms in total. The van der Waals surface area contributed by atoms with Crippen molar-refractivity contribution >= 4 is 40.2 Å². The Morgan fingerprint density at radius 3 is 2.93 bits per heavy atom. The molecule has 1 saturated carbocycles. The highest BCUT2D eigenvalue weighted by Crippen LogP contribution is 2.32. The van der Waals surface area contributed by atoms with Gasteiger partial charge in [0.05, 0.1) is 15.6 Å². The van der Waals surface area contributed by atoms with E-state index in [0.29, 0.717) is 6.54 Å². The van der Waals surface area contributed by atoms with Crippen molar-refractivity contribution in [2.45, 2.75) is 49.9 Å². The molecule has 0 bridgehead atoms. The summed E-state index contributed by atoms with van der Waals surface area (Å²) in [6.45, 7) is 4.40. The second-order valence-corrected chi connectivity index (χ2v) is 9.52. The van der Waals surface area contributed by atoms with Gasteiger partial charge in [-0.2, -0.15) is 0 Å². The van der Waals surface area contributed by atoms with Crippen molar-refractivity contribution in [2.24, 2.45) is 5.92 Å². The van der Waals surface area contributed by atoms with Crippen LogP contribution in [-0.4, -0.2) is 38.1 Å². The van der Waals surface area contributed by atoms with Crippen LogP contribution < -0.4 is 0 Å². The Kier molecular flexibility index (Phi) is 6.01. The predicted molar refractivity (Wildman–Crippen MR) is 116 cm³/mol. The number of carbonyl (C=O) groups excluding carboxylic acids is 1. The highest BCUT2D eigenvalue weighted by atomic mass is 32.2. The number of rotatable bonds is 9. The number of nitrogens with zero attached hydrogens (tertiary/aromatic N) is 4. The van der Waals surface area contributed by atoms with Gasteiger partial charge < -0.3 is 9.47 Å². The van der Waals surface area contributed by atoms with Crippen LogP contribution in [0, 0.1) is 5.92 Å². The van der Waals surface area contributed by atoms with E-state index >= 15 is 0 Å². The summed E-state index contributed by atoms with van der Waals surface area (Å²) in [7, 11) is 0. The normalized spacial score (nSPS) is 13.9. The maximum atomic E-state index is 13.2. The minimum Gasteiger partial charge on any atom is -0.330 e. The SMILES string of the molecule is CCCCN(Cc1nc2cccnc2n1CC1CC1)C(=O)c1ccc(SC)s1. The third-order valence-electron chi connectivity index (χ3n) is 5.11. The highest BCUT2D eigenvalue weighted by molar-refractivity contribution is 8.00. The van der Waals surface area contributed by atoms with E-state index in [-0.39, 0.29) is 5.91 Å². The Hall–Kier alpha value is -1.86. The quantitative estimate of drug-likeness (QED) is 0.459. The topological polar surface area (TPSA) is 51.0 Å². The summed E-state index contributed by atoms with van der Waals surface area (Å²) in [6.07, 6.45) is 8.47. The molecule has 0 saturated heterocycles. The summed E-state index contributed by atoms with van der Waals surface area (Å²) in [5, 5.41) is 0. The van der Waals surface area contributed by atoms with Crippen molar-refractivity contribution in [3.05, 3.63) is 41.2 Å². The molecule has 0 N–H and O–H groups in total. The van der Waals surface area contributed by atoms with Gasteiger partial charge in [0.2, 0.25) is 0 Å². The molecule has 28 heavy (non-hydrogen) atoms. The van der Waals surface area contributed by atoms with Gasteiger partial charge in [-0.1, -0.05) is 13.3 Å². The predicted octanol–water partition coefficient (Wildman–Crippen LogP) is 5.07. The zero-order valence-corrected chi connectivity index (χ0v) is 18.1. The standard InChI is InChI=1S/C21H26N4OS2/c1-3-4-12-24(21(26)17-9-10-19(27-2)28-17)14-18-23-16-6-5-11-22-20(16)25(18)13-15-7-8-15/h5-6,9-11,15H,3-4,7-8,12-14H2,1-2H3. The molecule has 3 aromatic heterocycles. The third-order valence-corrected chi connectivity index (χ3v) is 7.27. The van der Waals surface area contributed by atoms with Crippen LogP contribution in [0.15, 0.2) is 34.7 Å². The molecule has 0 aliphatic heterocycles. The Labute approximate surface area is 174 Å². The Morgan fingerprint density at radius 2 is 2.21 bits per heavy atom. The van der Waals surface area contributed by atoms with E-state index in [1.54, 1.807) is 23.1 Å². The molecule has 1 aliphatic rings. The first-order valence-corrected chi connectivity index (χ1v) is 12.0. The molecule has 1 fully saturated rings. The van der Waals surface area contributed by atoms with Gasteiger partial charge in [0.1, 0.15) is 11.3 Å². The number of imidazole rings is 1. The lowest BCUT2D eigenvalue weighted by atomic mass is 10.3. The molecule has 1 aliphatic carbocycles. The maximum absolute atomic E-state index is 13.2. The number of thiophene rings is 1. The molecular weight excluding hydrogens is 388 g/mol. The molecule has 0 unspecified atom stereocenters. The van der Waals surface area contributed by atoms with Crippen molar-refractivity contribution in [1.29, 1.82) is 0 Å². The number of hydrogen-bond donors (Lipinski definition) is 0. The second kappa shape index (κ2) is 8.66. The zero-order valence-electron chi connectivity index (χ0n) is 16.4. The number of carbonyl (C=O) groups is 1. The van der Waals surface area contributed by atoms with Crippen LogP contribution in [-0.2, 0) is 13.1 Å². The van der Waals surface area contributed by atoms with E-state index in [1.807, 2.05) is 41.6 Å². The molecule has 3 aromatic rings. The fourth-order valence-electron chi connectivity index (χ4n) is 3.35. The summed E-state index contributed by atoms with van der Waals surface area (Å²) in [6, 6.07) is 7.92. The van der Waals surface area contributed by atoms with Gasteiger partial charge in [0.25, 0.3) is 5.91 Å². The van der Waals surface area contributed by atoms with Crippen LogP contribution in [0.5, 0.6) is 0 Å². The molecule has 7 heteroatoms. The minimum atomic E-state index is 0.108. The average Bonchev–Trinajstić information content (AvgIpc) is 3.29. The van der Waals surface area contributed by atoms with Gasteiger partial charge in [-0.05, 0) is 55.7 Å². The molecule has 0 radical (unpaired) electrons. The largest absolute Gasteiger partial charge is 0.330 e. The maximum Gasteiger partial charge on any atom is 0.264 e. The first kappa shape index (κ1) is 19.5. The van der Waals surface area contributed by atoms with Crippen molar-refractivity contribution in [1.82, 2.24) is 19.4 Å². The fraction of sp³-hybridized carbons (Fsp3) is 0.476. The number of pyridine rings is 1. The van der Waals surface area contributed by atoms with E-state index in [1.165, 1.54) is 17.1 Å². The monoisotopic (exact) mass is 414 g/mol. The summed E-state index contributed by atoms with van der Waals surface area (Å²) >= 11 is 3.26. The minimum absolute atomic E-state index is 0.108. The summed E-state index contributed by atoms with van der Waals surface area (Å²) < 4.78 is 3.41. The second-order valence-electron chi connectivity index (χ2n) is 7.33. The van der Waals surface area contributed by atoms with Gasteiger partial charge in [-0.25, -0.2) is 9.97 Å². The third kappa shape index (κ3) is 4.25. The summed E-state index contributed by atoms with van der Waals surface area (Å²) in [5.74, 6) is 1.78. The van der Waals surface area contributed by atoms with Crippen LogP contribution in [0.3, 0.4) is 0 Å². The Balaban J connectivity index is 1.63. The van der Waals surface area contributed by atoms with E-state index in [0.717, 1.165) is 53.7 Å². The van der Waals surface area contributed by atoms with Gasteiger partial charge in [0.15, 0.2) is 5.65 Å². The molecular formula is C21H26N4OS2. The first-order chi connectivity index (χ1) is 13.7. The van der Waals surface area contributed by atoms with Crippen LogP contribution in [0.25, 0.3) is 11.2 Å². The van der Waals surface area contributed by atoms with Gasteiger partial charge >= 0.3 is 0 Å². The summed E-state index contributed by atoms with van der Waals surface area (Å²) in [4.78, 5) is 25.4. The van der Waals surface area contributed by atoms with Crippen LogP contribution in [0.4, 0.5) is 0 Å². The summed E-state index contributed by atoms with van der Waals surface area (Å²) in [5.41, 5.74) is 1.86. The van der Waals surface area contributed by atoms with Gasteiger partial charge in [-0.15, -0.1) is 23.1 Å². The first-order valence-electron chi connectivity index (χ1n) is 9.92. The number of fused-ring (bicyclic) bond motifs is 1. The number of amides is 1.